The Morgan fingerprint density at radius 3 is 2.28 bits per heavy atom. The Bertz CT molecular complexity index is 845. The van der Waals surface area contributed by atoms with E-state index in [4.69, 9.17) is 10.5 Å². The molecule has 1 amide bonds. The molecule has 0 radical (unpaired) electrons. The van der Waals surface area contributed by atoms with E-state index in [1.54, 1.807) is 0 Å². The highest BCUT2D eigenvalue weighted by Gasteiger charge is 2.47. The lowest BCUT2D eigenvalue weighted by Gasteiger charge is -2.40. The molecule has 1 aliphatic heterocycles. The van der Waals surface area contributed by atoms with Crippen molar-refractivity contribution in [2.24, 2.45) is 0 Å². The lowest BCUT2D eigenvalue weighted by molar-refractivity contribution is -0.138. The van der Waals surface area contributed by atoms with Gasteiger partial charge in [0.1, 0.15) is 17.3 Å². The van der Waals surface area contributed by atoms with Gasteiger partial charge in [-0.05, 0) is 44.2 Å². The maximum absolute atomic E-state index is 13.5. The summed E-state index contributed by atoms with van der Waals surface area (Å²) in [6.45, 7) is 2.87. The smallest absolute Gasteiger partial charge is 0.418 e. The third kappa shape index (κ3) is 2.88. The van der Waals surface area contributed by atoms with E-state index < -0.39 is 34.8 Å². The predicted molar refractivity (Wildman–Crippen MR) is 84.1 cm³/mol. The van der Waals surface area contributed by atoms with Crippen molar-refractivity contribution in [1.82, 2.24) is 0 Å². The molecule has 1 aliphatic rings. The molecule has 0 aliphatic carbocycles. The SMILES string of the molecule is CC1(C)Oc2cc(N)cc(C(F)(F)F)c2N(c2ccc(F)cc2)C1=O. The molecule has 2 N–H and O–H groups in total. The summed E-state index contributed by atoms with van der Waals surface area (Å²) in [5.74, 6) is -1.44. The first-order valence-corrected chi connectivity index (χ1v) is 7.30. The summed E-state index contributed by atoms with van der Waals surface area (Å²) in [7, 11) is 0. The highest BCUT2D eigenvalue weighted by Crippen LogP contribution is 2.49. The van der Waals surface area contributed by atoms with Gasteiger partial charge in [-0.2, -0.15) is 13.2 Å². The predicted octanol–water partition coefficient (Wildman–Crippen LogP) is 4.26. The number of fused-ring (bicyclic) bond motifs is 1. The van der Waals surface area contributed by atoms with Gasteiger partial charge in [-0.3, -0.25) is 9.69 Å². The highest BCUT2D eigenvalue weighted by atomic mass is 19.4. The van der Waals surface area contributed by atoms with E-state index in [1.165, 1.54) is 32.0 Å². The maximum atomic E-state index is 13.5. The molecule has 0 atom stereocenters. The average molecular weight is 354 g/mol. The summed E-state index contributed by atoms with van der Waals surface area (Å²) in [4.78, 5) is 13.7. The van der Waals surface area contributed by atoms with Crippen LogP contribution in [0.3, 0.4) is 0 Å². The molecule has 25 heavy (non-hydrogen) atoms. The van der Waals surface area contributed by atoms with Crippen LogP contribution in [0.2, 0.25) is 0 Å². The monoisotopic (exact) mass is 354 g/mol. The van der Waals surface area contributed by atoms with Gasteiger partial charge in [0.25, 0.3) is 5.91 Å². The Hall–Kier alpha value is -2.77. The van der Waals surface area contributed by atoms with Crippen LogP contribution in [-0.4, -0.2) is 11.5 Å². The number of hydrogen-bond donors (Lipinski definition) is 1. The molecule has 0 aromatic heterocycles. The lowest BCUT2D eigenvalue weighted by Crippen LogP contribution is -2.51. The van der Waals surface area contributed by atoms with Crippen molar-refractivity contribution in [3.63, 3.8) is 0 Å². The number of ether oxygens (including phenoxy) is 1. The fourth-order valence-corrected chi connectivity index (χ4v) is 2.68. The molecule has 4 nitrogen and oxygen atoms in total. The van der Waals surface area contributed by atoms with Crippen molar-refractivity contribution >= 4 is 23.0 Å². The minimum atomic E-state index is -4.76. The Labute approximate surface area is 140 Å². The molecular weight excluding hydrogens is 340 g/mol. The van der Waals surface area contributed by atoms with Gasteiger partial charge < -0.3 is 10.5 Å². The van der Waals surface area contributed by atoms with Crippen LogP contribution in [0.4, 0.5) is 34.6 Å². The second-order valence-electron chi connectivity index (χ2n) is 6.14. The zero-order valence-electron chi connectivity index (χ0n) is 13.3. The number of alkyl halides is 3. The summed E-state index contributed by atoms with van der Waals surface area (Å²) in [5, 5.41) is 0. The summed E-state index contributed by atoms with van der Waals surface area (Å²) >= 11 is 0. The summed E-state index contributed by atoms with van der Waals surface area (Å²) in [5.41, 5.74) is 2.55. The molecule has 1 heterocycles. The van der Waals surface area contributed by atoms with Crippen molar-refractivity contribution < 1.29 is 27.1 Å². The minimum Gasteiger partial charge on any atom is -0.476 e. The molecule has 0 fully saturated rings. The maximum Gasteiger partial charge on any atom is 0.418 e. The van der Waals surface area contributed by atoms with Crippen LogP contribution < -0.4 is 15.4 Å². The largest absolute Gasteiger partial charge is 0.476 e. The molecule has 132 valence electrons. The number of carbonyl (C=O) groups is 1. The normalized spacial score (nSPS) is 16.4. The zero-order chi connectivity index (χ0) is 18.6. The first-order chi connectivity index (χ1) is 11.5. The van der Waals surface area contributed by atoms with Crippen molar-refractivity contribution in [3.8, 4) is 5.75 Å². The fraction of sp³-hybridized carbons (Fsp3) is 0.235. The topological polar surface area (TPSA) is 55.6 Å². The average Bonchev–Trinajstić information content (AvgIpc) is 2.48. The van der Waals surface area contributed by atoms with E-state index in [2.05, 4.69) is 0 Å². The van der Waals surface area contributed by atoms with Gasteiger partial charge in [-0.1, -0.05) is 0 Å². The van der Waals surface area contributed by atoms with Crippen LogP contribution in [0.1, 0.15) is 19.4 Å². The zero-order valence-corrected chi connectivity index (χ0v) is 13.3. The number of nitrogen functional groups attached to an aromatic ring is 1. The first-order valence-electron chi connectivity index (χ1n) is 7.30. The first kappa shape index (κ1) is 17.1. The Morgan fingerprint density at radius 1 is 1.12 bits per heavy atom. The number of benzene rings is 2. The number of rotatable bonds is 1. The summed E-state index contributed by atoms with van der Waals surface area (Å²) < 4.78 is 59.2. The molecule has 0 bridgehead atoms. The van der Waals surface area contributed by atoms with Crippen LogP contribution in [-0.2, 0) is 11.0 Å². The van der Waals surface area contributed by atoms with Gasteiger partial charge in [-0.15, -0.1) is 0 Å². The quantitative estimate of drug-likeness (QED) is 0.615. The van der Waals surface area contributed by atoms with Crippen LogP contribution in [0.25, 0.3) is 0 Å². The fourth-order valence-electron chi connectivity index (χ4n) is 2.68. The lowest BCUT2D eigenvalue weighted by atomic mass is 9.99. The van der Waals surface area contributed by atoms with E-state index >= 15 is 0 Å². The number of amides is 1. The Morgan fingerprint density at radius 2 is 1.72 bits per heavy atom. The Balaban J connectivity index is 2.32. The van der Waals surface area contributed by atoms with Crippen molar-refractivity contribution in [2.75, 3.05) is 10.6 Å². The van der Waals surface area contributed by atoms with Crippen LogP contribution in [0.15, 0.2) is 36.4 Å². The number of halogens is 4. The van der Waals surface area contributed by atoms with E-state index in [0.29, 0.717) is 0 Å². The second-order valence-corrected chi connectivity index (χ2v) is 6.14. The van der Waals surface area contributed by atoms with E-state index in [1.807, 2.05) is 0 Å². The second kappa shape index (κ2) is 5.37. The van der Waals surface area contributed by atoms with Crippen molar-refractivity contribution in [2.45, 2.75) is 25.6 Å². The molecule has 0 saturated carbocycles. The van der Waals surface area contributed by atoms with Gasteiger partial charge in [-0.25, -0.2) is 4.39 Å². The van der Waals surface area contributed by atoms with Crippen LogP contribution in [0, 0.1) is 5.82 Å². The molecule has 8 heteroatoms. The summed E-state index contributed by atoms with van der Waals surface area (Å²) in [6, 6.07) is 6.56. The standard InChI is InChI=1S/C17H14F4N2O2/c1-16(2)15(24)23(11-5-3-9(18)4-6-11)14-12(17(19,20)21)7-10(22)8-13(14)25-16/h3-8H,22H2,1-2H3. The number of anilines is 3. The number of hydrogen-bond acceptors (Lipinski definition) is 3. The van der Waals surface area contributed by atoms with Crippen molar-refractivity contribution in [1.29, 1.82) is 0 Å². The number of nitrogens with two attached hydrogens (primary N) is 1. The van der Waals surface area contributed by atoms with E-state index in [0.717, 1.165) is 23.1 Å². The molecule has 0 saturated heterocycles. The van der Waals surface area contributed by atoms with Crippen LogP contribution >= 0.6 is 0 Å². The van der Waals surface area contributed by atoms with Crippen LogP contribution in [0.5, 0.6) is 5.75 Å². The molecule has 0 spiro atoms. The van der Waals surface area contributed by atoms with Crippen molar-refractivity contribution in [3.05, 3.63) is 47.8 Å². The third-order valence-corrected chi connectivity index (χ3v) is 3.79. The Kier molecular flexibility index (Phi) is 3.66. The number of carbonyl (C=O) groups excluding carboxylic acids is 1. The van der Waals surface area contributed by atoms with Gasteiger partial charge in [0, 0.05) is 17.4 Å². The number of nitrogens with zero attached hydrogens (tertiary/aromatic N) is 1. The minimum absolute atomic E-state index is 0.0966. The van der Waals surface area contributed by atoms with Gasteiger partial charge in [0.05, 0.1) is 5.56 Å². The van der Waals surface area contributed by atoms with E-state index in [9.17, 15) is 22.4 Å². The van der Waals surface area contributed by atoms with Gasteiger partial charge in [0.15, 0.2) is 5.60 Å². The molecule has 2 aromatic rings. The molecule has 3 rings (SSSR count). The highest BCUT2D eigenvalue weighted by molar-refractivity contribution is 6.09. The molecule has 2 aromatic carbocycles. The molecular formula is C17H14F4N2O2. The third-order valence-electron chi connectivity index (χ3n) is 3.79. The van der Waals surface area contributed by atoms with Gasteiger partial charge >= 0.3 is 6.18 Å². The molecule has 0 unspecified atom stereocenters. The van der Waals surface area contributed by atoms with Gasteiger partial charge in [0.2, 0.25) is 0 Å². The van der Waals surface area contributed by atoms with E-state index in [-0.39, 0.29) is 17.1 Å². The summed E-state index contributed by atoms with van der Waals surface area (Å²) in [6.07, 6.45) is -4.76.